The Hall–Kier alpha value is -1.10. The molecule has 1 amide bonds. The van der Waals surface area contributed by atoms with Crippen molar-refractivity contribution in [3.8, 4) is 0 Å². The van der Waals surface area contributed by atoms with Crippen molar-refractivity contribution in [2.24, 2.45) is 0 Å². The van der Waals surface area contributed by atoms with Gasteiger partial charge in [-0.2, -0.15) is 0 Å². The third-order valence-corrected chi connectivity index (χ3v) is 3.20. The Morgan fingerprint density at radius 2 is 2.19 bits per heavy atom. The number of hydrogen-bond donors (Lipinski definition) is 0. The molecule has 4 nitrogen and oxygen atoms in total. The molecule has 0 spiro atoms. The summed E-state index contributed by atoms with van der Waals surface area (Å²) in [6.07, 6.45) is 2.73. The van der Waals surface area contributed by atoms with Gasteiger partial charge in [0.25, 0.3) is 11.5 Å². The van der Waals surface area contributed by atoms with Crippen LogP contribution in [0.15, 0.2) is 21.5 Å². The zero-order valence-corrected chi connectivity index (χ0v) is 10.7. The number of aromatic nitrogens is 1. The lowest BCUT2D eigenvalue weighted by atomic mass is 10.1. The van der Waals surface area contributed by atoms with E-state index >= 15 is 0 Å². The Morgan fingerprint density at radius 1 is 1.50 bits per heavy atom. The van der Waals surface area contributed by atoms with Crippen LogP contribution in [0.2, 0.25) is 0 Å². The van der Waals surface area contributed by atoms with Gasteiger partial charge in [0.15, 0.2) is 0 Å². The molecule has 1 aromatic rings. The smallest absolute Gasteiger partial charge is 0.263 e. The monoisotopic (exact) mass is 284 g/mol. The summed E-state index contributed by atoms with van der Waals surface area (Å²) < 4.78 is 2.30. The number of nitrogens with zero attached hydrogens (tertiary/aromatic N) is 2. The summed E-state index contributed by atoms with van der Waals surface area (Å²) in [4.78, 5) is 25.6. The molecule has 5 heteroatoms. The first kappa shape index (κ1) is 11.4. The van der Waals surface area contributed by atoms with E-state index in [2.05, 4.69) is 15.9 Å². The number of amides is 1. The summed E-state index contributed by atoms with van der Waals surface area (Å²) >= 11 is 3.31. The minimum Gasteiger partial charge on any atom is -0.338 e. The minimum atomic E-state index is -0.206. The fourth-order valence-corrected chi connectivity index (χ4v) is 2.15. The Kier molecular flexibility index (Phi) is 3.14. The van der Waals surface area contributed by atoms with Crippen LogP contribution in [-0.4, -0.2) is 28.5 Å². The van der Waals surface area contributed by atoms with Crippen molar-refractivity contribution in [1.29, 1.82) is 0 Å². The van der Waals surface area contributed by atoms with Crippen LogP contribution in [0.1, 0.15) is 23.7 Å². The number of carbonyl (C=O) groups excluding carboxylic acids is 1. The lowest BCUT2D eigenvalue weighted by Crippen LogP contribution is -2.44. The van der Waals surface area contributed by atoms with E-state index in [9.17, 15) is 9.59 Å². The fraction of sp³-hybridized carbons (Fsp3) is 0.455. The zero-order valence-electron chi connectivity index (χ0n) is 9.07. The number of likely N-dealkylation sites (tertiary alicyclic amines) is 1. The highest BCUT2D eigenvalue weighted by atomic mass is 79.9. The molecule has 0 atom stereocenters. The van der Waals surface area contributed by atoms with E-state index in [0.29, 0.717) is 6.54 Å². The molecule has 0 N–H and O–H groups in total. The van der Waals surface area contributed by atoms with E-state index in [4.69, 9.17) is 0 Å². The van der Waals surface area contributed by atoms with Crippen LogP contribution in [0, 0.1) is 0 Å². The molecule has 0 unspecified atom stereocenters. The number of hydrogen-bond acceptors (Lipinski definition) is 2. The lowest BCUT2D eigenvalue weighted by molar-refractivity contribution is 0.0649. The number of aryl methyl sites for hydroxylation is 1. The average molecular weight is 285 g/mol. The number of halogens is 1. The fourth-order valence-electron chi connectivity index (χ4n) is 1.68. The van der Waals surface area contributed by atoms with Crippen LogP contribution in [0.5, 0.6) is 0 Å². The molecular formula is C11H13BrN2O2. The van der Waals surface area contributed by atoms with E-state index in [1.54, 1.807) is 17.2 Å². The summed E-state index contributed by atoms with van der Waals surface area (Å²) in [5.41, 5.74) is 0.0542. The molecule has 0 saturated carbocycles. The largest absolute Gasteiger partial charge is 0.338 e. The molecule has 86 valence electrons. The van der Waals surface area contributed by atoms with Gasteiger partial charge in [0.2, 0.25) is 0 Å². The summed E-state index contributed by atoms with van der Waals surface area (Å²) in [5.74, 6) is -0.153. The van der Waals surface area contributed by atoms with Gasteiger partial charge in [-0.05, 0) is 35.3 Å². The molecule has 1 aliphatic heterocycles. The molecule has 16 heavy (non-hydrogen) atoms. The SMILES string of the molecule is CCn1cc(Br)cc(C(=O)N2CCC2)c1=O. The van der Waals surface area contributed by atoms with Crippen molar-refractivity contribution in [3.63, 3.8) is 0 Å². The molecular weight excluding hydrogens is 272 g/mol. The molecule has 1 fully saturated rings. The number of rotatable bonds is 2. The van der Waals surface area contributed by atoms with Gasteiger partial charge in [0.05, 0.1) is 0 Å². The average Bonchev–Trinajstić information content (AvgIpc) is 2.18. The van der Waals surface area contributed by atoms with E-state index in [0.717, 1.165) is 24.0 Å². The van der Waals surface area contributed by atoms with Gasteiger partial charge >= 0.3 is 0 Å². The maximum Gasteiger partial charge on any atom is 0.263 e. The molecule has 1 saturated heterocycles. The summed E-state index contributed by atoms with van der Waals surface area (Å²) in [7, 11) is 0. The molecule has 2 rings (SSSR count). The Morgan fingerprint density at radius 3 is 2.69 bits per heavy atom. The second-order valence-corrected chi connectivity index (χ2v) is 4.72. The van der Waals surface area contributed by atoms with Crippen molar-refractivity contribution in [1.82, 2.24) is 9.47 Å². The summed E-state index contributed by atoms with van der Waals surface area (Å²) in [5, 5.41) is 0. The Labute approximate surface area is 102 Å². The van der Waals surface area contributed by atoms with E-state index in [1.165, 1.54) is 4.57 Å². The summed E-state index contributed by atoms with van der Waals surface area (Å²) in [6, 6.07) is 1.61. The zero-order chi connectivity index (χ0) is 11.7. The van der Waals surface area contributed by atoms with Crippen molar-refractivity contribution >= 4 is 21.8 Å². The predicted octanol–water partition coefficient (Wildman–Crippen LogP) is 1.48. The highest BCUT2D eigenvalue weighted by Crippen LogP contribution is 2.14. The minimum absolute atomic E-state index is 0.153. The third-order valence-electron chi connectivity index (χ3n) is 2.77. The van der Waals surface area contributed by atoms with Crippen LogP contribution >= 0.6 is 15.9 Å². The Bertz CT molecular complexity index is 477. The van der Waals surface area contributed by atoms with E-state index < -0.39 is 0 Å². The van der Waals surface area contributed by atoms with Gasteiger partial charge < -0.3 is 9.47 Å². The van der Waals surface area contributed by atoms with Gasteiger partial charge in [-0.25, -0.2) is 0 Å². The molecule has 0 bridgehead atoms. The first-order valence-electron chi connectivity index (χ1n) is 5.32. The van der Waals surface area contributed by atoms with Crippen LogP contribution in [0.3, 0.4) is 0 Å². The first-order chi connectivity index (χ1) is 7.63. The molecule has 1 aliphatic rings. The predicted molar refractivity (Wildman–Crippen MR) is 64.6 cm³/mol. The highest BCUT2D eigenvalue weighted by Gasteiger charge is 2.24. The maximum atomic E-state index is 12.0. The van der Waals surface area contributed by atoms with Gasteiger partial charge in [-0.1, -0.05) is 0 Å². The van der Waals surface area contributed by atoms with E-state index in [-0.39, 0.29) is 17.0 Å². The van der Waals surface area contributed by atoms with Crippen molar-refractivity contribution < 1.29 is 4.79 Å². The molecule has 0 aromatic carbocycles. The number of carbonyl (C=O) groups is 1. The topological polar surface area (TPSA) is 42.3 Å². The first-order valence-corrected chi connectivity index (χ1v) is 6.12. The molecule has 1 aromatic heterocycles. The van der Waals surface area contributed by atoms with Gasteiger partial charge in [0, 0.05) is 30.3 Å². The normalized spacial score (nSPS) is 14.8. The number of pyridine rings is 1. The Balaban J connectivity index is 2.43. The van der Waals surface area contributed by atoms with E-state index in [1.807, 2.05) is 6.92 Å². The molecule has 0 radical (unpaired) electrons. The van der Waals surface area contributed by atoms with Crippen LogP contribution < -0.4 is 5.56 Å². The second kappa shape index (κ2) is 4.41. The van der Waals surface area contributed by atoms with Crippen molar-refractivity contribution in [2.45, 2.75) is 19.9 Å². The highest BCUT2D eigenvalue weighted by molar-refractivity contribution is 9.10. The van der Waals surface area contributed by atoms with Crippen LogP contribution in [0.4, 0.5) is 0 Å². The molecule has 2 heterocycles. The van der Waals surface area contributed by atoms with Gasteiger partial charge in [-0.3, -0.25) is 9.59 Å². The van der Waals surface area contributed by atoms with Gasteiger partial charge in [-0.15, -0.1) is 0 Å². The second-order valence-electron chi connectivity index (χ2n) is 3.81. The summed E-state index contributed by atoms with van der Waals surface area (Å²) in [6.45, 7) is 3.97. The third kappa shape index (κ3) is 1.91. The van der Waals surface area contributed by atoms with Crippen LogP contribution in [0.25, 0.3) is 0 Å². The van der Waals surface area contributed by atoms with Gasteiger partial charge in [0.1, 0.15) is 5.56 Å². The maximum absolute atomic E-state index is 12.0. The van der Waals surface area contributed by atoms with Crippen molar-refractivity contribution in [2.75, 3.05) is 13.1 Å². The quantitative estimate of drug-likeness (QED) is 0.826. The molecule has 0 aliphatic carbocycles. The standard InChI is InChI=1S/C11H13BrN2O2/c1-2-13-7-8(12)6-9(10(13)15)11(16)14-4-3-5-14/h6-7H,2-5H2,1H3. The van der Waals surface area contributed by atoms with Crippen molar-refractivity contribution in [3.05, 3.63) is 32.7 Å². The lowest BCUT2D eigenvalue weighted by Gasteiger charge is -2.30. The van der Waals surface area contributed by atoms with Crippen LogP contribution in [-0.2, 0) is 6.54 Å².